The van der Waals surface area contributed by atoms with Gasteiger partial charge in [-0.05, 0) is 42.7 Å². The third kappa shape index (κ3) is 4.04. The zero-order valence-electron chi connectivity index (χ0n) is 15.6. The van der Waals surface area contributed by atoms with Crippen LogP contribution in [0.15, 0.2) is 30.3 Å². The first-order valence-electron chi connectivity index (χ1n) is 8.95. The molecule has 1 N–H and O–H groups in total. The smallest absolute Gasteiger partial charge is 0.189 e. The molecule has 27 heavy (non-hydrogen) atoms. The van der Waals surface area contributed by atoms with E-state index in [0.29, 0.717) is 24.0 Å². The van der Waals surface area contributed by atoms with E-state index in [-0.39, 0.29) is 35.7 Å². The number of ketones is 1. The molecule has 2 aromatic carbocycles. The summed E-state index contributed by atoms with van der Waals surface area (Å²) in [6.07, 6.45) is 0. The van der Waals surface area contributed by atoms with Crippen molar-refractivity contribution in [2.24, 2.45) is 5.92 Å². The van der Waals surface area contributed by atoms with Gasteiger partial charge in [0.1, 0.15) is 17.2 Å². The summed E-state index contributed by atoms with van der Waals surface area (Å²) in [6, 6.07) is 8.41. The van der Waals surface area contributed by atoms with Crippen LogP contribution in [0.25, 0.3) is 0 Å². The number of hydrogen-bond acceptors (Lipinski definition) is 5. The van der Waals surface area contributed by atoms with Crippen molar-refractivity contribution in [1.29, 1.82) is 0 Å². The van der Waals surface area contributed by atoms with Gasteiger partial charge in [0.25, 0.3) is 0 Å². The Morgan fingerprint density at radius 1 is 1.30 bits per heavy atom. The largest absolute Gasteiger partial charge is 0.507 e. The zero-order chi connectivity index (χ0) is 19.6. The lowest BCUT2D eigenvalue weighted by atomic mass is 9.82. The van der Waals surface area contributed by atoms with Crippen molar-refractivity contribution in [2.45, 2.75) is 33.3 Å². The second-order valence-corrected chi connectivity index (χ2v) is 7.08. The number of hydrogen-bond donors (Lipinski definition) is 1. The zero-order valence-corrected chi connectivity index (χ0v) is 16.4. The Labute approximate surface area is 163 Å². The van der Waals surface area contributed by atoms with Crippen LogP contribution in [0, 0.1) is 5.92 Å². The Bertz CT molecular complexity index is 849. The van der Waals surface area contributed by atoms with E-state index in [1.165, 1.54) is 6.07 Å². The number of phenols is 1. The fraction of sp³-hybridized carbons (Fsp3) is 0.381. The quantitative estimate of drug-likeness (QED) is 0.708. The van der Waals surface area contributed by atoms with Crippen LogP contribution < -0.4 is 9.47 Å². The molecule has 3 rings (SSSR count). The number of fused-ring (bicyclic) bond motifs is 1. The molecule has 1 heterocycles. The summed E-state index contributed by atoms with van der Waals surface area (Å²) in [5, 5.41) is 10.8. The molecule has 0 bridgehead atoms. The maximum absolute atomic E-state index is 13.0. The average Bonchev–Trinajstić information content (AvgIpc) is 2.66. The molecule has 0 fully saturated rings. The molecule has 0 radical (unpaired) electrons. The van der Waals surface area contributed by atoms with E-state index in [9.17, 15) is 9.90 Å². The number of benzene rings is 2. The minimum Gasteiger partial charge on any atom is -0.507 e. The molecule has 0 aliphatic carbocycles. The predicted octanol–water partition coefficient (Wildman–Crippen LogP) is 4.93. The van der Waals surface area contributed by atoms with Crippen molar-refractivity contribution >= 4 is 17.4 Å². The topological polar surface area (TPSA) is 65.0 Å². The van der Waals surface area contributed by atoms with Gasteiger partial charge in [0.2, 0.25) is 0 Å². The molecule has 0 saturated carbocycles. The van der Waals surface area contributed by atoms with Crippen LogP contribution in [-0.4, -0.2) is 24.3 Å². The highest BCUT2D eigenvalue weighted by molar-refractivity contribution is 6.30. The summed E-state index contributed by atoms with van der Waals surface area (Å²) in [5.74, 6) is 0.488. The van der Waals surface area contributed by atoms with Crippen molar-refractivity contribution in [3.05, 3.63) is 52.0 Å². The van der Waals surface area contributed by atoms with Gasteiger partial charge in [-0.2, -0.15) is 0 Å². The average molecular weight is 391 g/mol. The van der Waals surface area contributed by atoms with Crippen molar-refractivity contribution in [1.82, 2.24) is 0 Å². The standard InChI is InChI=1S/C21H23ClO5/c1-4-26-16-5-6-17(19(23)9-16)20(24)13(3)12(2)18-8-15(22)7-14-10-25-11-27-21(14)18/h5-9,12-13,23H,4,10-11H2,1-3H3/t12-,13-/m1/s1. The molecule has 0 aromatic heterocycles. The van der Waals surface area contributed by atoms with Gasteiger partial charge in [-0.1, -0.05) is 25.4 Å². The normalized spacial score (nSPS) is 15.4. The Hall–Kier alpha value is -2.24. The van der Waals surface area contributed by atoms with E-state index in [1.807, 2.05) is 32.9 Å². The minimum absolute atomic E-state index is 0.0808. The number of ether oxygens (including phenoxy) is 3. The lowest BCUT2D eigenvalue weighted by molar-refractivity contribution is -0.0173. The highest BCUT2D eigenvalue weighted by Gasteiger charge is 2.29. The van der Waals surface area contributed by atoms with Crippen molar-refractivity contribution in [3.8, 4) is 17.2 Å². The first-order chi connectivity index (χ1) is 12.9. The molecule has 2 aromatic rings. The maximum Gasteiger partial charge on any atom is 0.189 e. The second kappa shape index (κ2) is 8.19. The van der Waals surface area contributed by atoms with Crippen LogP contribution in [0.1, 0.15) is 48.2 Å². The number of halogens is 1. The molecule has 144 valence electrons. The molecule has 0 unspecified atom stereocenters. The summed E-state index contributed by atoms with van der Waals surface area (Å²) < 4.78 is 16.4. The van der Waals surface area contributed by atoms with Gasteiger partial charge < -0.3 is 19.3 Å². The van der Waals surface area contributed by atoms with Gasteiger partial charge in [-0.25, -0.2) is 0 Å². The van der Waals surface area contributed by atoms with Crippen LogP contribution in [0.2, 0.25) is 5.02 Å². The molecule has 0 amide bonds. The lowest BCUT2D eigenvalue weighted by Gasteiger charge is -2.26. The van der Waals surface area contributed by atoms with E-state index in [2.05, 4.69) is 0 Å². The summed E-state index contributed by atoms with van der Waals surface area (Å²) in [7, 11) is 0. The molecule has 5 nitrogen and oxygen atoms in total. The number of Topliss-reactive ketones (excluding diaryl/α,β-unsaturated/α-hetero) is 1. The Morgan fingerprint density at radius 3 is 2.78 bits per heavy atom. The van der Waals surface area contributed by atoms with E-state index >= 15 is 0 Å². The van der Waals surface area contributed by atoms with E-state index in [0.717, 1.165) is 16.9 Å². The van der Waals surface area contributed by atoms with Gasteiger partial charge >= 0.3 is 0 Å². The lowest BCUT2D eigenvalue weighted by Crippen LogP contribution is -2.21. The Balaban J connectivity index is 1.88. The van der Waals surface area contributed by atoms with Crippen LogP contribution >= 0.6 is 11.6 Å². The number of carbonyl (C=O) groups excluding carboxylic acids is 1. The van der Waals surface area contributed by atoms with Crippen LogP contribution in [0.4, 0.5) is 0 Å². The van der Waals surface area contributed by atoms with E-state index < -0.39 is 0 Å². The molecular weight excluding hydrogens is 368 g/mol. The molecule has 1 aliphatic heterocycles. The Morgan fingerprint density at radius 2 is 2.07 bits per heavy atom. The number of aromatic hydroxyl groups is 1. The SMILES string of the molecule is CCOc1ccc(C(=O)[C@H](C)[C@@H](C)c2cc(Cl)cc3c2OCOC3)c(O)c1. The molecular formula is C21H23ClO5. The fourth-order valence-electron chi connectivity index (χ4n) is 3.26. The van der Waals surface area contributed by atoms with E-state index in [1.54, 1.807) is 12.1 Å². The number of phenolic OH excluding ortho intramolecular Hbond substituents is 1. The first-order valence-corrected chi connectivity index (χ1v) is 9.33. The maximum atomic E-state index is 13.0. The third-order valence-electron chi connectivity index (χ3n) is 4.90. The van der Waals surface area contributed by atoms with Crippen molar-refractivity contribution in [2.75, 3.05) is 13.4 Å². The number of rotatable bonds is 6. The van der Waals surface area contributed by atoms with Crippen molar-refractivity contribution in [3.63, 3.8) is 0 Å². The highest BCUT2D eigenvalue weighted by Crippen LogP contribution is 2.40. The van der Waals surface area contributed by atoms with Crippen LogP contribution in [0.5, 0.6) is 17.2 Å². The third-order valence-corrected chi connectivity index (χ3v) is 5.12. The molecule has 0 saturated heterocycles. The highest BCUT2D eigenvalue weighted by atomic mass is 35.5. The minimum atomic E-state index is -0.386. The van der Waals surface area contributed by atoms with Crippen LogP contribution in [0.3, 0.4) is 0 Å². The van der Waals surface area contributed by atoms with Gasteiger partial charge in [0.05, 0.1) is 18.8 Å². The molecule has 2 atom stereocenters. The monoisotopic (exact) mass is 390 g/mol. The van der Waals surface area contributed by atoms with Gasteiger partial charge in [-0.3, -0.25) is 4.79 Å². The molecule has 1 aliphatic rings. The molecule has 0 spiro atoms. The molecule has 6 heteroatoms. The first kappa shape index (κ1) is 19.5. The summed E-state index contributed by atoms with van der Waals surface area (Å²) in [4.78, 5) is 13.0. The van der Waals surface area contributed by atoms with E-state index in [4.69, 9.17) is 25.8 Å². The summed E-state index contributed by atoms with van der Waals surface area (Å²) in [6.45, 7) is 6.75. The number of carbonyl (C=O) groups is 1. The summed E-state index contributed by atoms with van der Waals surface area (Å²) >= 11 is 6.25. The fourth-order valence-corrected chi connectivity index (χ4v) is 3.51. The second-order valence-electron chi connectivity index (χ2n) is 6.65. The summed E-state index contributed by atoms with van der Waals surface area (Å²) in [5.41, 5.74) is 2.02. The van der Waals surface area contributed by atoms with Gasteiger partial charge in [-0.15, -0.1) is 0 Å². The van der Waals surface area contributed by atoms with Crippen molar-refractivity contribution < 1.29 is 24.1 Å². The Kier molecular flexibility index (Phi) is 5.92. The van der Waals surface area contributed by atoms with Gasteiger partial charge in [0.15, 0.2) is 12.6 Å². The van der Waals surface area contributed by atoms with Crippen LogP contribution in [-0.2, 0) is 11.3 Å². The predicted molar refractivity (Wildman–Crippen MR) is 103 cm³/mol. The van der Waals surface area contributed by atoms with Gasteiger partial charge in [0, 0.05) is 22.6 Å².